The first-order valence-corrected chi connectivity index (χ1v) is 5.09. The first kappa shape index (κ1) is 17.2. The molecular weight excluding hydrogens is 267 g/mol. The molecule has 0 heterocycles. The molecule has 0 N–H and O–H groups in total. The third-order valence-corrected chi connectivity index (χ3v) is 1.96. The quantitative estimate of drug-likeness (QED) is 0.386. The van der Waals surface area contributed by atoms with Crippen LogP contribution in [0, 0.1) is 0 Å². The predicted octanol–water partition coefficient (Wildman–Crippen LogP) is 0.959. The van der Waals surface area contributed by atoms with Crippen LogP contribution in [-0.2, 0) is 9.59 Å². The predicted molar refractivity (Wildman–Crippen MR) is 69.5 cm³/mol. The van der Waals surface area contributed by atoms with Gasteiger partial charge < -0.3 is 9.47 Å². The first-order valence-electron chi connectivity index (χ1n) is 4.64. The van der Waals surface area contributed by atoms with Gasteiger partial charge >= 0.3 is 41.5 Å². The van der Waals surface area contributed by atoms with Gasteiger partial charge in [0.2, 0.25) is 5.12 Å². The molecule has 1 rings (SSSR count). The van der Waals surface area contributed by atoms with Crippen LogP contribution in [0.2, 0.25) is 0 Å². The average molecular weight is 278 g/mol. The Bertz CT molecular complexity index is 486. The molecule has 92 valence electrons. The molecule has 0 atom stereocenters. The van der Waals surface area contributed by atoms with Crippen LogP contribution in [0.4, 0.5) is 0 Å². The van der Waals surface area contributed by atoms with Crippen LogP contribution in [-0.4, -0.2) is 46.6 Å². The van der Waals surface area contributed by atoms with Gasteiger partial charge in [-0.25, -0.2) is 0 Å². The number of carbonyl (C=O) groups is 3. The fourth-order valence-electron chi connectivity index (χ4n) is 1.11. The fraction of sp³-hybridized carbons (Fsp3) is 0.182. The van der Waals surface area contributed by atoms with Gasteiger partial charge in [-0.15, -0.1) is 12.6 Å². The van der Waals surface area contributed by atoms with E-state index in [1.807, 2.05) is 0 Å². The zero-order chi connectivity index (χ0) is 13.0. The van der Waals surface area contributed by atoms with Crippen molar-refractivity contribution in [2.24, 2.45) is 0 Å². The van der Waals surface area contributed by atoms with Gasteiger partial charge in [0.25, 0.3) is 0 Å². The van der Waals surface area contributed by atoms with E-state index < -0.39 is 17.1 Å². The standard InChI is InChI=1S/C11H10O5S.Na.H/c1-6(12)15-9-4-3-8(11(14)17)5-10(9)16-7(2)13;;/h3-5H,1-2H3,(H,14,17);;. The number of esters is 2. The van der Waals surface area contributed by atoms with E-state index in [1.54, 1.807) is 0 Å². The maximum absolute atomic E-state index is 11.0. The van der Waals surface area contributed by atoms with Gasteiger partial charge in [-0.05, 0) is 18.2 Å². The molecule has 0 saturated heterocycles. The van der Waals surface area contributed by atoms with E-state index in [-0.39, 0.29) is 46.6 Å². The molecule has 0 aliphatic rings. The molecule has 0 spiro atoms. The van der Waals surface area contributed by atoms with Crippen molar-refractivity contribution in [2.45, 2.75) is 13.8 Å². The van der Waals surface area contributed by atoms with Crippen LogP contribution < -0.4 is 9.47 Å². The normalized spacial score (nSPS) is 9.06. The van der Waals surface area contributed by atoms with Crippen molar-refractivity contribution in [3.63, 3.8) is 0 Å². The third kappa shape index (κ3) is 5.22. The molecule has 0 unspecified atom stereocenters. The molecular formula is C11H11NaO5S. The number of carbonyl (C=O) groups excluding carboxylic acids is 3. The van der Waals surface area contributed by atoms with Crippen LogP contribution in [0.25, 0.3) is 0 Å². The van der Waals surface area contributed by atoms with Crippen molar-refractivity contribution in [1.82, 2.24) is 0 Å². The molecule has 0 saturated carbocycles. The second-order valence-electron chi connectivity index (χ2n) is 3.15. The molecule has 0 amide bonds. The third-order valence-electron chi connectivity index (χ3n) is 1.70. The molecule has 0 bridgehead atoms. The summed E-state index contributed by atoms with van der Waals surface area (Å²) in [6.07, 6.45) is 0. The van der Waals surface area contributed by atoms with E-state index in [1.165, 1.54) is 32.0 Å². The first-order chi connectivity index (χ1) is 7.90. The summed E-state index contributed by atoms with van der Waals surface area (Å²) in [5.74, 6) is -1.05. The van der Waals surface area contributed by atoms with Gasteiger partial charge in [0.15, 0.2) is 11.5 Å². The molecule has 1 aromatic carbocycles. The van der Waals surface area contributed by atoms with Crippen molar-refractivity contribution >= 4 is 59.2 Å². The summed E-state index contributed by atoms with van der Waals surface area (Å²) in [5.41, 5.74) is 0.237. The Morgan fingerprint density at radius 1 is 1.00 bits per heavy atom. The molecule has 0 aliphatic carbocycles. The van der Waals surface area contributed by atoms with Gasteiger partial charge in [0.05, 0.1) is 0 Å². The van der Waals surface area contributed by atoms with Crippen molar-refractivity contribution in [1.29, 1.82) is 0 Å². The number of benzene rings is 1. The number of rotatable bonds is 3. The average Bonchev–Trinajstić information content (AvgIpc) is 2.18. The van der Waals surface area contributed by atoms with E-state index in [2.05, 4.69) is 12.6 Å². The molecule has 1 aromatic rings. The summed E-state index contributed by atoms with van der Waals surface area (Å²) in [7, 11) is 0. The van der Waals surface area contributed by atoms with Crippen LogP contribution in [0.3, 0.4) is 0 Å². The van der Waals surface area contributed by atoms with Crippen molar-refractivity contribution in [2.75, 3.05) is 0 Å². The monoisotopic (exact) mass is 278 g/mol. The topological polar surface area (TPSA) is 69.7 Å². The van der Waals surface area contributed by atoms with Crippen molar-refractivity contribution < 1.29 is 23.9 Å². The van der Waals surface area contributed by atoms with Gasteiger partial charge in [-0.2, -0.15) is 0 Å². The van der Waals surface area contributed by atoms with Gasteiger partial charge in [0, 0.05) is 19.4 Å². The summed E-state index contributed by atoms with van der Waals surface area (Å²) in [4.78, 5) is 32.7. The second kappa shape index (κ2) is 7.58. The minimum atomic E-state index is -0.581. The summed E-state index contributed by atoms with van der Waals surface area (Å²) >= 11 is 3.64. The summed E-state index contributed by atoms with van der Waals surface area (Å²) in [5, 5.41) is -0.479. The van der Waals surface area contributed by atoms with E-state index in [9.17, 15) is 14.4 Å². The van der Waals surface area contributed by atoms with E-state index in [4.69, 9.17) is 9.47 Å². The number of ether oxygens (including phenoxy) is 2. The molecule has 0 fully saturated rings. The molecule has 0 aliphatic heterocycles. The second-order valence-corrected chi connectivity index (χ2v) is 3.56. The molecule has 0 radical (unpaired) electrons. The summed E-state index contributed by atoms with van der Waals surface area (Å²) in [6, 6.07) is 4.07. The Balaban J connectivity index is 0.00000289. The van der Waals surface area contributed by atoms with Gasteiger partial charge in [0.1, 0.15) is 0 Å². The van der Waals surface area contributed by atoms with Crippen LogP contribution in [0.5, 0.6) is 11.5 Å². The molecule has 0 aromatic heterocycles. The Kier molecular flexibility index (Phi) is 7.23. The molecule has 7 heteroatoms. The fourth-order valence-corrected chi connectivity index (χ4v) is 1.25. The minimum absolute atomic E-state index is 0. The van der Waals surface area contributed by atoms with Crippen LogP contribution in [0.1, 0.15) is 24.2 Å². The van der Waals surface area contributed by atoms with Gasteiger partial charge in [-0.1, -0.05) is 0 Å². The van der Waals surface area contributed by atoms with Crippen LogP contribution >= 0.6 is 12.6 Å². The molecule has 5 nitrogen and oxygen atoms in total. The maximum atomic E-state index is 11.0. The number of hydrogen-bond donors (Lipinski definition) is 1. The van der Waals surface area contributed by atoms with E-state index in [0.717, 1.165) is 0 Å². The Labute approximate surface area is 132 Å². The van der Waals surface area contributed by atoms with E-state index in [0.29, 0.717) is 0 Å². The van der Waals surface area contributed by atoms with Crippen LogP contribution in [0.15, 0.2) is 18.2 Å². The number of hydrogen-bond acceptors (Lipinski definition) is 5. The number of thiol groups is 1. The summed E-state index contributed by atoms with van der Waals surface area (Å²) in [6.45, 7) is 2.42. The zero-order valence-electron chi connectivity index (χ0n) is 9.22. The van der Waals surface area contributed by atoms with Crippen molar-refractivity contribution in [3.05, 3.63) is 23.8 Å². The Morgan fingerprint density at radius 2 is 1.50 bits per heavy atom. The Morgan fingerprint density at radius 3 is 1.94 bits per heavy atom. The zero-order valence-corrected chi connectivity index (χ0v) is 10.1. The van der Waals surface area contributed by atoms with Gasteiger partial charge in [-0.3, -0.25) is 14.4 Å². The molecule has 18 heavy (non-hydrogen) atoms. The SMILES string of the molecule is CC(=O)Oc1ccc(C(=O)S)cc1OC(C)=O.[NaH]. The Hall–Kier alpha value is -0.820. The van der Waals surface area contributed by atoms with E-state index >= 15 is 0 Å². The van der Waals surface area contributed by atoms with Crippen molar-refractivity contribution in [3.8, 4) is 11.5 Å². The summed E-state index contributed by atoms with van der Waals surface area (Å²) < 4.78 is 9.66.